The summed E-state index contributed by atoms with van der Waals surface area (Å²) < 4.78 is 3.05. The first-order chi connectivity index (χ1) is 7.66. The summed E-state index contributed by atoms with van der Waals surface area (Å²) in [7, 11) is 0. The van der Waals surface area contributed by atoms with E-state index in [9.17, 15) is 0 Å². The molecule has 0 aromatic carbocycles. The second kappa shape index (κ2) is 5.62. The van der Waals surface area contributed by atoms with E-state index in [0.29, 0.717) is 0 Å². The highest BCUT2D eigenvalue weighted by Crippen LogP contribution is 2.32. The zero-order valence-corrected chi connectivity index (χ0v) is 13.6. The van der Waals surface area contributed by atoms with Gasteiger partial charge in [0.05, 0.1) is 9.47 Å². The predicted molar refractivity (Wildman–Crippen MR) is 79.0 cm³/mol. The van der Waals surface area contributed by atoms with Gasteiger partial charge in [-0.1, -0.05) is 0 Å². The lowest BCUT2D eigenvalue weighted by Gasteiger charge is -2.05. The molecule has 2 nitrogen and oxygen atoms in total. The summed E-state index contributed by atoms with van der Waals surface area (Å²) in [6.45, 7) is 0.791. The van der Waals surface area contributed by atoms with Crippen molar-refractivity contribution in [2.24, 2.45) is 0 Å². The first-order valence-electron chi connectivity index (χ1n) is 4.45. The molecule has 0 saturated heterocycles. The third kappa shape index (κ3) is 3.06. The number of rotatable bonds is 3. The van der Waals surface area contributed by atoms with Crippen LogP contribution in [0.3, 0.4) is 0 Å². The maximum atomic E-state index is 4.15. The van der Waals surface area contributed by atoms with E-state index in [2.05, 4.69) is 64.2 Å². The molecule has 0 atom stereocenters. The van der Waals surface area contributed by atoms with Gasteiger partial charge in [0.15, 0.2) is 0 Å². The van der Waals surface area contributed by atoms with Gasteiger partial charge in [0.1, 0.15) is 4.60 Å². The number of aromatic nitrogens is 1. The van der Waals surface area contributed by atoms with E-state index in [-0.39, 0.29) is 0 Å². The Hall–Kier alpha value is 0.0900. The fourth-order valence-electron chi connectivity index (χ4n) is 1.18. The smallest absolute Gasteiger partial charge is 0.129 e. The molecule has 0 bridgehead atoms. The standard InChI is InChI=1S/C10H7Br3N2S/c11-7-4-6(16-10(7)13)5-15-8-2-1-3-14-9(8)12/h1-4,15H,5H2. The Morgan fingerprint density at radius 1 is 1.31 bits per heavy atom. The van der Waals surface area contributed by atoms with Gasteiger partial charge in [-0.15, -0.1) is 11.3 Å². The molecule has 1 N–H and O–H groups in total. The normalized spacial score (nSPS) is 10.4. The van der Waals surface area contributed by atoms with Gasteiger partial charge in [-0.05, 0) is 66.0 Å². The molecular weight excluding hydrogens is 420 g/mol. The fraction of sp³-hybridized carbons (Fsp3) is 0.100. The summed E-state index contributed by atoms with van der Waals surface area (Å²) in [4.78, 5) is 5.41. The van der Waals surface area contributed by atoms with E-state index in [1.807, 2.05) is 12.1 Å². The van der Waals surface area contributed by atoms with Crippen LogP contribution in [0.1, 0.15) is 4.88 Å². The zero-order valence-electron chi connectivity index (χ0n) is 8.01. The van der Waals surface area contributed by atoms with Crippen LogP contribution in [-0.2, 0) is 6.54 Å². The lowest BCUT2D eigenvalue weighted by Crippen LogP contribution is -1.98. The molecule has 0 saturated carbocycles. The number of hydrogen-bond donors (Lipinski definition) is 1. The van der Waals surface area contributed by atoms with Crippen LogP contribution in [0, 0.1) is 0 Å². The van der Waals surface area contributed by atoms with Crippen molar-refractivity contribution in [3.63, 3.8) is 0 Å². The highest BCUT2D eigenvalue weighted by molar-refractivity contribution is 9.13. The second-order valence-corrected chi connectivity index (χ2v) is 7.09. The predicted octanol–water partition coefficient (Wildman–Crippen LogP) is 5.04. The summed E-state index contributed by atoms with van der Waals surface area (Å²) in [5, 5.41) is 3.33. The van der Waals surface area contributed by atoms with Crippen LogP contribution in [0.25, 0.3) is 0 Å². The molecule has 0 unspecified atom stereocenters. The number of thiophene rings is 1. The molecule has 0 spiro atoms. The third-order valence-electron chi connectivity index (χ3n) is 1.91. The summed E-state index contributed by atoms with van der Waals surface area (Å²) >= 11 is 12.1. The molecule has 2 heterocycles. The average Bonchev–Trinajstić information content (AvgIpc) is 2.57. The van der Waals surface area contributed by atoms with Crippen LogP contribution in [0.2, 0.25) is 0 Å². The molecule has 0 radical (unpaired) electrons. The largest absolute Gasteiger partial charge is 0.378 e. The summed E-state index contributed by atoms with van der Waals surface area (Å²) in [5.74, 6) is 0. The van der Waals surface area contributed by atoms with E-state index in [1.165, 1.54) is 4.88 Å². The van der Waals surface area contributed by atoms with E-state index < -0.39 is 0 Å². The van der Waals surface area contributed by atoms with Crippen molar-refractivity contribution in [3.8, 4) is 0 Å². The topological polar surface area (TPSA) is 24.9 Å². The molecule has 0 aliphatic rings. The molecule has 0 fully saturated rings. The zero-order chi connectivity index (χ0) is 11.5. The molecule has 2 rings (SSSR count). The average molecular weight is 427 g/mol. The van der Waals surface area contributed by atoms with Crippen molar-refractivity contribution in [3.05, 3.63) is 42.1 Å². The van der Waals surface area contributed by atoms with Gasteiger partial charge in [-0.3, -0.25) is 0 Å². The Morgan fingerprint density at radius 2 is 2.12 bits per heavy atom. The lowest BCUT2D eigenvalue weighted by atomic mass is 10.4. The van der Waals surface area contributed by atoms with E-state index in [4.69, 9.17) is 0 Å². The molecule has 2 aromatic heterocycles. The van der Waals surface area contributed by atoms with Crippen molar-refractivity contribution in [1.29, 1.82) is 0 Å². The first-order valence-corrected chi connectivity index (χ1v) is 7.64. The lowest BCUT2D eigenvalue weighted by molar-refractivity contribution is 1.16. The van der Waals surface area contributed by atoms with Gasteiger partial charge in [0.25, 0.3) is 0 Å². The first kappa shape index (κ1) is 12.5. The van der Waals surface area contributed by atoms with E-state index in [0.717, 1.165) is 25.1 Å². The van der Waals surface area contributed by atoms with E-state index >= 15 is 0 Å². The Labute approximate surface area is 123 Å². The summed E-state index contributed by atoms with van der Waals surface area (Å²) in [6, 6.07) is 6.01. The number of nitrogens with zero attached hydrogens (tertiary/aromatic N) is 1. The molecule has 0 amide bonds. The molecule has 0 aliphatic carbocycles. The monoisotopic (exact) mass is 424 g/mol. The number of halogens is 3. The van der Waals surface area contributed by atoms with Crippen molar-refractivity contribution >= 4 is 64.8 Å². The van der Waals surface area contributed by atoms with Gasteiger partial charge in [0, 0.05) is 22.1 Å². The van der Waals surface area contributed by atoms with Crippen molar-refractivity contribution < 1.29 is 0 Å². The molecule has 84 valence electrons. The Kier molecular flexibility index (Phi) is 4.41. The highest BCUT2D eigenvalue weighted by atomic mass is 79.9. The fourth-order valence-corrected chi connectivity index (χ4v) is 3.69. The molecule has 2 aromatic rings. The second-order valence-electron chi connectivity index (χ2n) is 3.03. The minimum atomic E-state index is 0.791. The van der Waals surface area contributed by atoms with Gasteiger partial charge >= 0.3 is 0 Å². The molecule has 0 aliphatic heterocycles. The molecular formula is C10H7Br3N2S. The highest BCUT2D eigenvalue weighted by Gasteiger charge is 2.05. The van der Waals surface area contributed by atoms with Crippen LogP contribution in [0.5, 0.6) is 0 Å². The van der Waals surface area contributed by atoms with Crippen LogP contribution >= 0.6 is 59.1 Å². The number of hydrogen-bond acceptors (Lipinski definition) is 3. The number of pyridine rings is 1. The quantitative estimate of drug-likeness (QED) is 0.695. The van der Waals surface area contributed by atoms with Gasteiger partial charge in [-0.25, -0.2) is 4.98 Å². The van der Waals surface area contributed by atoms with E-state index in [1.54, 1.807) is 17.5 Å². The number of anilines is 1. The van der Waals surface area contributed by atoms with Crippen LogP contribution < -0.4 is 5.32 Å². The van der Waals surface area contributed by atoms with Gasteiger partial charge in [-0.2, -0.15) is 0 Å². The molecule has 6 heteroatoms. The third-order valence-corrected chi connectivity index (χ3v) is 5.80. The Bertz CT molecular complexity index is 479. The minimum absolute atomic E-state index is 0.791. The minimum Gasteiger partial charge on any atom is -0.378 e. The van der Waals surface area contributed by atoms with Gasteiger partial charge in [0.2, 0.25) is 0 Å². The number of nitrogens with one attached hydrogen (secondary N) is 1. The summed E-state index contributed by atoms with van der Waals surface area (Å²) in [6.07, 6.45) is 1.76. The van der Waals surface area contributed by atoms with Crippen molar-refractivity contribution in [1.82, 2.24) is 4.98 Å². The van der Waals surface area contributed by atoms with Crippen LogP contribution in [-0.4, -0.2) is 4.98 Å². The molecule has 16 heavy (non-hydrogen) atoms. The van der Waals surface area contributed by atoms with Crippen molar-refractivity contribution in [2.45, 2.75) is 6.54 Å². The Morgan fingerprint density at radius 3 is 2.75 bits per heavy atom. The summed E-state index contributed by atoms with van der Waals surface area (Å²) in [5.41, 5.74) is 1.00. The van der Waals surface area contributed by atoms with Crippen LogP contribution in [0.4, 0.5) is 5.69 Å². The SMILES string of the molecule is Brc1cc(CNc2cccnc2Br)sc1Br. The van der Waals surface area contributed by atoms with Crippen molar-refractivity contribution in [2.75, 3.05) is 5.32 Å². The van der Waals surface area contributed by atoms with Gasteiger partial charge < -0.3 is 5.32 Å². The van der Waals surface area contributed by atoms with Crippen LogP contribution in [0.15, 0.2) is 37.3 Å². The maximum absolute atomic E-state index is 4.15. The maximum Gasteiger partial charge on any atom is 0.129 e. The Balaban J connectivity index is 2.05.